The first-order chi connectivity index (χ1) is 15.3. The number of allylic oxidation sites excluding steroid dienone is 1. The van der Waals surface area contributed by atoms with Crippen LogP contribution in [0.5, 0.6) is 0 Å². The number of hydrogen-bond donors (Lipinski definition) is 1. The van der Waals surface area contributed by atoms with Gasteiger partial charge in [0.25, 0.3) is 0 Å². The van der Waals surface area contributed by atoms with Crippen LogP contribution in [-0.4, -0.2) is 30.6 Å². The molecule has 0 aliphatic heterocycles. The number of rotatable bonds is 5. The summed E-state index contributed by atoms with van der Waals surface area (Å²) in [4.78, 5) is 4.48. The molecule has 162 valence electrons. The summed E-state index contributed by atoms with van der Waals surface area (Å²) in [5.74, 6) is 0.937. The maximum atomic E-state index is 10.6. The maximum Gasteiger partial charge on any atom is 0.191 e. The number of thioether (sulfide) groups is 1. The van der Waals surface area contributed by atoms with Gasteiger partial charge in [-0.25, -0.2) is 4.98 Å². The van der Waals surface area contributed by atoms with Crippen molar-refractivity contribution in [3.63, 3.8) is 0 Å². The van der Waals surface area contributed by atoms with Gasteiger partial charge in [-0.3, -0.25) is 0 Å². The minimum absolute atomic E-state index is 0.0179. The Bertz CT molecular complexity index is 1300. The second kappa shape index (κ2) is 8.77. The molecule has 0 aliphatic rings. The van der Waals surface area contributed by atoms with Gasteiger partial charge in [0.1, 0.15) is 22.4 Å². The predicted octanol–water partition coefficient (Wildman–Crippen LogP) is 5.97. The van der Waals surface area contributed by atoms with Crippen molar-refractivity contribution in [2.45, 2.75) is 31.3 Å². The van der Waals surface area contributed by atoms with E-state index in [0.29, 0.717) is 10.2 Å². The van der Waals surface area contributed by atoms with E-state index >= 15 is 0 Å². The number of thiazole rings is 1. The topological polar surface area (TPSA) is 87.6 Å². The summed E-state index contributed by atoms with van der Waals surface area (Å²) in [6, 6.07) is 18.1. The highest BCUT2D eigenvalue weighted by Crippen LogP contribution is 2.31. The smallest absolute Gasteiger partial charge is 0.191 e. The normalized spacial score (nSPS) is 12.6. The monoisotopic (exact) mass is 461 g/mol. The number of hydrogen-bond acceptors (Lipinski definition) is 7. The van der Waals surface area contributed by atoms with Crippen molar-refractivity contribution >= 4 is 38.9 Å². The van der Waals surface area contributed by atoms with E-state index in [0.717, 1.165) is 21.6 Å². The molecule has 6 nitrogen and oxygen atoms in total. The van der Waals surface area contributed by atoms with Crippen molar-refractivity contribution in [3.05, 3.63) is 64.9 Å². The Morgan fingerprint density at radius 1 is 1.12 bits per heavy atom. The number of benzene rings is 2. The lowest BCUT2D eigenvalue weighted by molar-refractivity contribution is 0.420. The molecular weight excluding hydrogens is 438 g/mol. The number of aliphatic hydroxyl groups excluding tert-OH is 1. The van der Waals surface area contributed by atoms with E-state index in [4.69, 9.17) is 0 Å². The molecule has 0 spiro atoms. The zero-order valence-corrected chi connectivity index (χ0v) is 20.0. The highest BCUT2D eigenvalue weighted by atomic mass is 32.2. The van der Waals surface area contributed by atoms with Crippen LogP contribution >= 0.6 is 23.1 Å². The van der Waals surface area contributed by atoms with Crippen molar-refractivity contribution in [2.75, 3.05) is 5.75 Å². The number of aliphatic hydroxyl groups is 1. The van der Waals surface area contributed by atoms with E-state index in [1.807, 2.05) is 35.9 Å². The van der Waals surface area contributed by atoms with E-state index in [9.17, 15) is 10.4 Å². The average Bonchev–Trinajstić information content (AvgIpc) is 3.35. The molecule has 32 heavy (non-hydrogen) atoms. The van der Waals surface area contributed by atoms with Gasteiger partial charge in [-0.05, 0) is 23.1 Å². The van der Waals surface area contributed by atoms with Gasteiger partial charge < -0.3 is 9.67 Å². The van der Waals surface area contributed by atoms with Crippen molar-refractivity contribution in [2.24, 2.45) is 7.05 Å². The third-order valence-electron chi connectivity index (χ3n) is 5.09. The molecule has 0 bridgehead atoms. The lowest BCUT2D eigenvalue weighted by Gasteiger charge is -2.19. The standard InChI is InChI=1S/C24H23N5OS2/c1-24(2,3)16-11-9-15(10-12-16)21-27-28-23(29(21)4)31-14-19(30)17(13-25)22-26-18-7-5-6-8-20(18)32-22/h5-12,30H,14H2,1-4H3/b19-17-. The number of nitriles is 1. The molecule has 2 heterocycles. The van der Waals surface area contributed by atoms with Crippen molar-refractivity contribution < 1.29 is 5.11 Å². The molecule has 0 saturated heterocycles. The molecule has 0 amide bonds. The Kier molecular flexibility index (Phi) is 6.04. The number of fused-ring (bicyclic) bond motifs is 1. The van der Waals surface area contributed by atoms with Crippen LogP contribution < -0.4 is 0 Å². The maximum absolute atomic E-state index is 10.6. The van der Waals surface area contributed by atoms with Gasteiger partial charge in [0.2, 0.25) is 0 Å². The summed E-state index contributed by atoms with van der Waals surface area (Å²) in [6.07, 6.45) is 0. The highest BCUT2D eigenvalue weighted by molar-refractivity contribution is 7.99. The first-order valence-electron chi connectivity index (χ1n) is 10.1. The largest absolute Gasteiger partial charge is 0.510 e. The van der Waals surface area contributed by atoms with Crippen LogP contribution in [0.1, 0.15) is 31.3 Å². The summed E-state index contributed by atoms with van der Waals surface area (Å²) in [7, 11) is 1.90. The van der Waals surface area contributed by atoms with Crippen LogP contribution in [0.2, 0.25) is 0 Å². The molecule has 2 aromatic carbocycles. The number of nitrogens with zero attached hydrogens (tertiary/aromatic N) is 5. The first-order valence-corrected chi connectivity index (χ1v) is 11.9. The molecule has 0 fully saturated rings. The zero-order chi connectivity index (χ0) is 22.9. The van der Waals surface area contributed by atoms with Gasteiger partial charge in [-0.15, -0.1) is 21.5 Å². The molecular formula is C24H23N5OS2. The highest BCUT2D eigenvalue weighted by Gasteiger charge is 2.18. The Morgan fingerprint density at radius 3 is 2.50 bits per heavy atom. The number of para-hydroxylation sites is 1. The van der Waals surface area contributed by atoms with Crippen molar-refractivity contribution in [1.82, 2.24) is 19.7 Å². The van der Waals surface area contributed by atoms with Crippen LogP contribution in [-0.2, 0) is 12.5 Å². The van der Waals surface area contributed by atoms with E-state index in [1.165, 1.54) is 28.7 Å². The average molecular weight is 462 g/mol. The Morgan fingerprint density at radius 2 is 1.84 bits per heavy atom. The van der Waals surface area contributed by atoms with Gasteiger partial charge >= 0.3 is 0 Å². The quantitative estimate of drug-likeness (QED) is 0.224. The molecule has 0 saturated carbocycles. The minimum atomic E-state index is -0.0179. The fourth-order valence-electron chi connectivity index (χ4n) is 3.23. The van der Waals surface area contributed by atoms with Crippen molar-refractivity contribution in [1.29, 1.82) is 5.26 Å². The van der Waals surface area contributed by atoms with Gasteiger partial charge in [-0.2, -0.15) is 5.26 Å². The van der Waals surface area contributed by atoms with E-state index in [-0.39, 0.29) is 22.5 Å². The second-order valence-corrected chi connectivity index (χ2v) is 10.4. The molecule has 2 aromatic heterocycles. The Labute approximate surface area is 195 Å². The Hall–Kier alpha value is -3.15. The van der Waals surface area contributed by atoms with E-state index in [2.05, 4.69) is 66.3 Å². The predicted molar refractivity (Wildman–Crippen MR) is 131 cm³/mol. The SMILES string of the molecule is Cn1c(SC/C(O)=C(\C#N)c2nc3ccccc3s2)nnc1-c1ccc(C(C)(C)C)cc1. The van der Waals surface area contributed by atoms with Gasteiger partial charge in [0.05, 0.1) is 16.0 Å². The van der Waals surface area contributed by atoms with Crippen LogP contribution in [0, 0.1) is 11.3 Å². The Balaban J connectivity index is 1.53. The second-order valence-electron chi connectivity index (χ2n) is 8.40. The zero-order valence-electron chi connectivity index (χ0n) is 18.3. The molecule has 0 unspecified atom stereocenters. The molecule has 0 atom stereocenters. The van der Waals surface area contributed by atoms with Crippen LogP contribution in [0.4, 0.5) is 0 Å². The molecule has 4 aromatic rings. The summed E-state index contributed by atoms with van der Waals surface area (Å²) in [6.45, 7) is 6.55. The van der Waals surface area contributed by atoms with Crippen LogP contribution in [0.15, 0.2) is 59.4 Å². The first kappa shape index (κ1) is 22.1. The molecule has 0 radical (unpaired) electrons. The minimum Gasteiger partial charge on any atom is -0.510 e. The summed E-state index contributed by atoms with van der Waals surface area (Å²) >= 11 is 2.72. The van der Waals surface area contributed by atoms with Crippen molar-refractivity contribution in [3.8, 4) is 17.5 Å². The van der Waals surface area contributed by atoms with Gasteiger partial charge in [-0.1, -0.05) is 68.9 Å². The summed E-state index contributed by atoms with van der Waals surface area (Å²) < 4.78 is 2.87. The van der Waals surface area contributed by atoms with E-state index in [1.54, 1.807) is 0 Å². The van der Waals surface area contributed by atoms with Gasteiger partial charge in [0, 0.05) is 12.6 Å². The van der Waals surface area contributed by atoms with E-state index < -0.39 is 0 Å². The third-order valence-corrected chi connectivity index (χ3v) is 7.18. The third kappa shape index (κ3) is 4.40. The molecule has 4 rings (SSSR count). The van der Waals surface area contributed by atoms with Gasteiger partial charge in [0.15, 0.2) is 11.0 Å². The van der Waals surface area contributed by atoms with Crippen LogP contribution in [0.3, 0.4) is 0 Å². The molecule has 1 N–H and O–H groups in total. The lowest BCUT2D eigenvalue weighted by atomic mass is 9.87. The lowest BCUT2D eigenvalue weighted by Crippen LogP contribution is -2.10. The number of aromatic nitrogens is 4. The van der Waals surface area contributed by atoms with Crippen LogP contribution in [0.25, 0.3) is 27.2 Å². The fraction of sp³-hybridized carbons (Fsp3) is 0.250. The molecule has 0 aliphatic carbocycles. The summed E-state index contributed by atoms with van der Waals surface area (Å²) in [5, 5.41) is 30.0. The molecule has 8 heteroatoms. The summed E-state index contributed by atoms with van der Waals surface area (Å²) in [5.41, 5.74) is 3.33. The fourth-order valence-corrected chi connectivity index (χ4v) is 5.00.